The zero-order valence-corrected chi connectivity index (χ0v) is 11.3. The van der Waals surface area contributed by atoms with E-state index >= 15 is 0 Å². The summed E-state index contributed by atoms with van der Waals surface area (Å²) in [5.41, 5.74) is -0.0149. The summed E-state index contributed by atoms with van der Waals surface area (Å²) in [6.07, 6.45) is 5.94. The topological polar surface area (TPSA) is 9.23 Å². The molecule has 0 bridgehead atoms. The first kappa shape index (κ1) is 13.4. The molecule has 0 saturated carbocycles. The quantitative estimate of drug-likeness (QED) is 0.687. The van der Waals surface area contributed by atoms with Gasteiger partial charge in [-0.05, 0) is 37.7 Å². The molecule has 0 heterocycles. The predicted octanol–water partition coefficient (Wildman–Crippen LogP) is 4.31. The molecule has 0 aliphatic rings. The van der Waals surface area contributed by atoms with Crippen LogP contribution < -0.4 is 0 Å². The van der Waals surface area contributed by atoms with Gasteiger partial charge in [-0.3, -0.25) is 0 Å². The van der Waals surface area contributed by atoms with Crippen molar-refractivity contribution in [3.05, 3.63) is 10.2 Å². The van der Waals surface area contributed by atoms with Gasteiger partial charge < -0.3 is 4.74 Å². The van der Waals surface area contributed by atoms with Crippen molar-refractivity contribution in [2.75, 3.05) is 0 Å². The second-order valence-electron chi connectivity index (χ2n) is 4.24. The number of hydrogen-bond donors (Lipinski definition) is 0. The van der Waals surface area contributed by atoms with E-state index in [1.807, 2.05) is 0 Å². The van der Waals surface area contributed by atoms with Crippen LogP contribution in [0.25, 0.3) is 0 Å². The van der Waals surface area contributed by atoms with E-state index in [0.29, 0.717) is 6.10 Å². The zero-order chi connectivity index (χ0) is 10.3. The van der Waals surface area contributed by atoms with Gasteiger partial charge in [0.1, 0.15) is 0 Å². The fraction of sp³-hybridized carbons (Fsp3) is 0.818. The summed E-state index contributed by atoms with van der Waals surface area (Å²) in [4.78, 5) is 0. The van der Waals surface area contributed by atoms with Crippen molar-refractivity contribution >= 4 is 22.6 Å². The van der Waals surface area contributed by atoms with E-state index in [2.05, 4.69) is 60.4 Å². The van der Waals surface area contributed by atoms with Crippen LogP contribution in [0, 0.1) is 0 Å². The van der Waals surface area contributed by atoms with Crippen molar-refractivity contribution in [3.8, 4) is 0 Å². The highest BCUT2D eigenvalue weighted by molar-refractivity contribution is 14.1. The molecule has 1 nitrogen and oxygen atoms in total. The van der Waals surface area contributed by atoms with Crippen molar-refractivity contribution in [3.63, 3.8) is 0 Å². The van der Waals surface area contributed by atoms with Gasteiger partial charge in [0, 0.05) is 0 Å². The van der Waals surface area contributed by atoms with E-state index < -0.39 is 0 Å². The summed E-state index contributed by atoms with van der Waals surface area (Å²) < 4.78 is 7.99. The Hall–Kier alpha value is 0.430. The molecule has 0 saturated heterocycles. The van der Waals surface area contributed by atoms with E-state index in [0.717, 1.165) is 12.8 Å². The van der Waals surface area contributed by atoms with Crippen LogP contribution in [0.4, 0.5) is 0 Å². The van der Waals surface area contributed by atoms with Crippen LogP contribution in [0.1, 0.15) is 47.0 Å². The summed E-state index contributed by atoms with van der Waals surface area (Å²) in [5.74, 6) is 0. The van der Waals surface area contributed by atoms with Gasteiger partial charge in [-0.1, -0.05) is 42.0 Å². The van der Waals surface area contributed by atoms with Crippen LogP contribution in [0.3, 0.4) is 0 Å². The average Bonchev–Trinajstić information content (AvgIpc) is 1.98. The highest BCUT2D eigenvalue weighted by atomic mass is 127. The average molecular weight is 296 g/mol. The Bertz CT molecular complexity index is 147. The lowest BCUT2D eigenvalue weighted by molar-refractivity contribution is -0.0614. The number of hydrogen-bond acceptors (Lipinski definition) is 1. The second kappa shape index (κ2) is 6.82. The minimum atomic E-state index is -0.0149. The molecule has 0 amide bonds. The summed E-state index contributed by atoms with van der Waals surface area (Å²) in [7, 11) is 0. The molecule has 0 aromatic carbocycles. The highest BCUT2D eigenvalue weighted by Gasteiger charge is 2.16. The lowest BCUT2D eigenvalue weighted by Gasteiger charge is -2.26. The molecule has 13 heavy (non-hydrogen) atoms. The van der Waals surface area contributed by atoms with Crippen molar-refractivity contribution in [1.82, 2.24) is 0 Å². The van der Waals surface area contributed by atoms with Gasteiger partial charge in [0.25, 0.3) is 0 Å². The summed E-state index contributed by atoms with van der Waals surface area (Å²) in [6, 6.07) is 0. The molecule has 0 fully saturated rings. The van der Waals surface area contributed by atoms with Gasteiger partial charge in [0.15, 0.2) is 0 Å². The molecule has 0 aromatic rings. The Morgan fingerprint density at radius 1 is 1.38 bits per heavy atom. The van der Waals surface area contributed by atoms with Crippen LogP contribution >= 0.6 is 22.6 Å². The molecule has 0 aromatic heterocycles. The van der Waals surface area contributed by atoms with Crippen LogP contribution in [0.5, 0.6) is 0 Å². The fourth-order valence-electron chi connectivity index (χ4n) is 1.25. The maximum absolute atomic E-state index is 5.93. The van der Waals surface area contributed by atoms with Crippen LogP contribution in [-0.2, 0) is 4.74 Å². The molecule has 2 heteroatoms. The number of ether oxygens (including phenoxy) is 1. The summed E-state index contributed by atoms with van der Waals surface area (Å²) in [6.45, 7) is 8.54. The normalized spacial score (nSPS) is 15.2. The molecule has 0 radical (unpaired) electrons. The standard InChI is InChI=1S/C11H21IO/c1-5-7-10(8-6-9-12)13-11(2,3)4/h6,9-10H,5,7-8H2,1-4H3/b9-6-. The van der Waals surface area contributed by atoms with Gasteiger partial charge in [-0.2, -0.15) is 0 Å². The van der Waals surface area contributed by atoms with Crippen molar-refractivity contribution in [1.29, 1.82) is 0 Å². The second-order valence-corrected chi connectivity index (χ2v) is 4.96. The molecule has 0 aliphatic carbocycles. The predicted molar refractivity (Wildman–Crippen MR) is 67.3 cm³/mol. The third kappa shape index (κ3) is 8.75. The zero-order valence-electron chi connectivity index (χ0n) is 9.14. The van der Waals surface area contributed by atoms with Crippen LogP contribution in [0.15, 0.2) is 10.2 Å². The maximum atomic E-state index is 5.93. The van der Waals surface area contributed by atoms with Crippen LogP contribution in [-0.4, -0.2) is 11.7 Å². The first-order chi connectivity index (χ1) is 5.99. The van der Waals surface area contributed by atoms with Gasteiger partial charge in [-0.25, -0.2) is 0 Å². The van der Waals surface area contributed by atoms with Gasteiger partial charge >= 0.3 is 0 Å². The van der Waals surface area contributed by atoms with Crippen molar-refractivity contribution in [2.45, 2.75) is 58.7 Å². The minimum absolute atomic E-state index is 0.0149. The van der Waals surface area contributed by atoms with Crippen molar-refractivity contribution in [2.24, 2.45) is 0 Å². The molecular formula is C11H21IO. The van der Waals surface area contributed by atoms with Crippen molar-refractivity contribution < 1.29 is 4.74 Å². The lowest BCUT2D eigenvalue weighted by atomic mass is 10.1. The van der Waals surface area contributed by atoms with Crippen LogP contribution in [0.2, 0.25) is 0 Å². The lowest BCUT2D eigenvalue weighted by Crippen LogP contribution is -2.27. The molecule has 0 rings (SSSR count). The smallest absolute Gasteiger partial charge is 0.0616 e. The monoisotopic (exact) mass is 296 g/mol. The molecule has 1 atom stereocenters. The summed E-state index contributed by atoms with van der Waals surface area (Å²) >= 11 is 2.25. The Morgan fingerprint density at radius 3 is 2.38 bits per heavy atom. The largest absolute Gasteiger partial charge is 0.372 e. The van der Waals surface area contributed by atoms with E-state index in [9.17, 15) is 0 Å². The molecule has 0 spiro atoms. The minimum Gasteiger partial charge on any atom is -0.372 e. The Morgan fingerprint density at radius 2 is 2.00 bits per heavy atom. The first-order valence-corrected chi connectivity index (χ1v) is 6.17. The number of rotatable bonds is 5. The Kier molecular flexibility index (Phi) is 7.05. The van der Waals surface area contributed by atoms with E-state index in [1.54, 1.807) is 0 Å². The highest BCUT2D eigenvalue weighted by Crippen LogP contribution is 2.17. The van der Waals surface area contributed by atoms with Gasteiger partial charge in [-0.15, -0.1) is 0 Å². The molecular weight excluding hydrogens is 275 g/mol. The molecule has 0 N–H and O–H groups in total. The molecule has 78 valence electrons. The number of halogens is 1. The maximum Gasteiger partial charge on any atom is 0.0616 e. The third-order valence-electron chi connectivity index (χ3n) is 1.62. The van der Waals surface area contributed by atoms with Gasteiger partial charge in [0.05, 0.1) is 11.7 Å². The Labute approximate surface area is 96.1 Å². The first-order valence-electron chi connectivity index (χ1n) is 4.92. The molecule has 1 unspecified atom stereocenters. The van der Waals surface area contributed by atoms with E-state index in [4.69, 9.17) is 4.74 Å². The SMILES string of the molecule is CCCC(C/C=C\I)OC(C)(C)C. The van der Waals surface area contributed by atoms with E-state index in [1.165, 1.54) is 6.42 Å². The van der Waals surface area contributed by atoms with Gasteiger partial charge in [0.2, 0.25) is 0 Å². The van der Waals surface area contributed by atoms with E-state index in [-0.39, 0.29) is 5.60 Å². The molecule has 0 aliphatic heterocycles. The third-order valence-corrected chi connectivity index (χ3v) is 2.13. The summed E-state index contributed by atoms with van der Waals surface area (Å²) in [5, 5.41) is 0. The Balaban J connectivity index is 3.93. The fourth-order valence-corrected chi connectivity index (χ4v) is 1.54.